The summed E-state index contributed by atoms with van der Waals surface area (Å²) in [4.78, 5) is 25.9. The summed E-state index contributed by atoms with van der Waals surface area (Å²) in [6.07, 6.45) is 1.97. The molecule has 2 atom stereocenters. The van der Waals surface area contributed by atoms with Crippen molar-refractivity contribution in [3.05, 3.63) is 53.1 Å². The van der Waals surface area contributed by atoms with Crippen LogP contribution in [0.5, 0.6) is 11.5 Å². The van der Waals surface area contributed by atoms with E-state index >= 15 is 0 Å². The lowest BCUT2D eigenvalue weighted by atomic mass is 10.0. The average molecular weight is 413 g/mol. The van der Waals surface area contributed by atoms with Gasteiger partial charge in [0.1, 0.15) is 17.5 Å². The first-order chi connectivity index (χ1) is 14.4. The molecule has 1 unspecified atom stereocenters. The number of urea groups is 1. The summed E-state index contributed by atoms with van der Waals surface area (Å²) in [6, 6.07) is 11.1. The van der Waals surface area contributed by atoms with Gasteiger partial charge in [-0.3, -0.25) is 10.1 Å². The molecule has 3 rings (SSSR count). The van der Waals surface area contributed by atoms with E-state index < -0.39 is 6.03 Å². The summed E-state index contributed by atoms with van der Waals surface area (Å²) in [5, 5.41) is 5.21. The van der Waals surface area contributed by atoms with Gasteiger partial charge in [-0.15, -0.1) is 0 Å². The number of carbonyl (C=O) groups is 2. The smallest absolute Gasteiger partial charge is 0.326 e. The number of methoxy groups -OCH3 is 2. The predicted molar refractivity (Wildman–Crippen MR) is 115 cm³/mol. The second-order valence-corrected chi connectivity index (χ2v) is 7.71. The molecule has 1 aliphatic heterocycles. The minimum absolute atomic E-state index is 0.138. The Kier molecular flexibility index (Phi) is 6.95. The van der Waals surface area contributed by atoms with Crippen molar-refractivity contribution >= 4 is 17.6 Å². The lowest BCUT2D eigenvalue weighted by Gasteiger charge is -2.23. The van der Waals surface area contributed by atoms with Gasteiger partial charge >= 0.3 is 6.03 Å². The second-order valence-electron chi connectivity index (χ2n) is 7.71. The molecule has 1 fully saturated rings. The zero-order valence-corrected chi connectivity index (χ0v) is 18.0. The van der Waals surface area contributed by atoms with Crippen LogP contribution in [0, 0.1) is 13.8 Å². The van der Waals surface area contributed by atoms with Gasteiger partial charge in [-0.25, -0.2) is 4.79 Å². The monoisotopic (exact) mass is 412 g/mol. The molecule has 2 aromatic rings. The van der Waals surface area contributed by atoms with Crippen LogP contribution in [0.2, 0.25) is 0 Å². The van der Waals surface area contributed by atoms with Crippen molar-refractivity contribution in [3.8, 4) is 11.5 Å². The van der Waals surface area contributed by atoms with Crippen molar-refractivity contribution in [2.75, 3.05) is 32.6 Å². The highest BCUT2D eigenvalue weighted by atomic mass is 16.5. The largest absolute Gasteiger partial charge is 0.497 e. The molecule has 3 N–H and O–H groups in total. The molecule has 1 heterocycles. The van der Waals surface area contributed by atoms with Crippen LogP contribution in [0.1, 0.15) is 35.6 Å². The fourth-order valence-corrected chi connectivity index (χ4v) is 4.09. The van der Waals surface area contributed by atoms with Gasteiger partial charge in [-0.2, -0.15) is 0 Å². The lowest BCUT2D eigenvalue weighted by molar-refractivity contribution is -0.910. The SMILES string of the molecule is COc1ccc([C@@H]2CCC[NH+]2CC(=O)NC(=O)Nc2ccc(C)cc2C)c(OC)c1. The van der Waals surface area contributed by atoms with Crippen molar-refractivity contribution < 1.29 is 24.0 Å². The molecule has 0 aromatic heterocycles. The summed E-state index contributed by atoms with van der Waals surface area (Å²) >= 11 is 0. The van der Waals surface area contributed by atoms with Crippen molar-refractivity contribution in [1.29, 1.82) is 0 Å². The second kappa shape index (κ2) is 9.63. The molecule has 0 radical (unpaired) electrons. The Bertz CT molecular complexity index is 929. The number of carbonyl (C=O) groups excluding carboxylic acids is 2. The summed E-state index contributed by atoms with van der Waals surface area (Å²) in [5.74, 6) is 1.19. The maximum Gasteiger partial charge on any atom is 0.326 e. The molecule has 160 valence electrons. The highest BCUT2D eigenvalue weighted by Crippen LogP contribution is 2.31. The van der Waals surface area contributed by atoms with Gasteiger partial charge < -0.3 is 19.7 Å². The first-order valence-electron chi connectivity index (χ1n) is 10.2. The van der Waals surface area contributed by atoms with E-state index in [9.17, 15) is 9.59 Å². The molecule has 1 saturated heterocycles. The van der Waals surface area contributed by atoms with Gasteiger partial charge in [-0.1, -0.05) is 17.7 Å². The van der Waals surface area contributed by atoms with Crippen LogP contribution in [-0.4, -0.2) is 39.2 Å². The summed E-state index contributed by atoms with van der Waals surface area (Å²) in [5.41, 5.74) is 3.82. The third kappa shape index (κ3) is 5.10. The molecule has 7 nitrogen and oxygen atoms in total. The molecule has 0 spiro atoms. The molecule has 0 saturated carbocycles. The topological polar surface area (TPSA) is 81.1 Å². The minimum Gasteiger partial charge on any atom is -0.497 e. The van der Waals surface area contributed by atoms with Gasteiger partial charge in [0.15, 0.2) is 6.54 Å². The number of nitrogens with one attached hydrogen (secondary N) is 3. The first kappa shape index (κ1) is 21.6. The van der Waals surface area contributed by atoms with Crippen LogP contribution < -0.4 is 25.0 Å². The van der Waals surface area contributed by atoms with Gasteiger partial charge in [0.25, 0.3) is 5.91 Å². The number of ether oxygens (including phenoxy) is 2. The lowest BCUT2D eigenvalue weighted by Crippen LogP contribution is -3.11. The third-order valence-corrected chi connectivity index (χ3v) is 5.57. The van der Waals surface area contributed by atoms with Crippen LogP contribution >= 0.6 is 0 Å². The number of anilines is 1. The fraction of sp³-hybridized carbons (Fsp3) is 0.391. The van der Waals surface area contributed by atoms with Crippen LogP contribution in [0.25, 0.3) is 0 Å². The van der Waals surface area contributed by atoms with Crippen molar-refractivity contribution in [3.63, 3.8) is 0 Å². The number of amides is 3. The van der Waals surface area contributed by atoms with Crippen LogP contribution in [0.4, 0.5) is 10.5 Å². The van der Waals surface area contributed by atoms with Crippen LogP contribution in [0.15, 0.2) is 36.4 Å². The molecular formula is C23H30N3O4+. The molecule has 3 amide bonds. The summed E-state index contributed by atoms with van der Waals surface area (Å²) < 4.78 is 10.8. The van der Waals surface area contributed by atoms with Gasteiger partial charge in [-0.05, 0) is 37.6 Å². The quantitative estimate of drug-likeness (QED) is 0.681. The number of aryl methyl sites for hydroxylation is 2. The van der Waals surface area contributed by atoms with Crippen LogP contribution in [0.3, 0.4) is 0 Å². The van der Waals surface area contributed by atoms with Gasteiger partial charge in [0, 0.05) is 24.6 Å². The minimum atomic E-state index is -0.510. The summed E-state index contributed by atoms with van der Waals surface area (Å²) in [7, 11) is 3.26. The molecule has 0 bridgehead atoms. The van der Waals surface area contributed by atoms with Gasteiger partial charge in [0.2, 0.25) is 0 Å². The Morgan fingerprint density at radius 1 is 1.10 bits per heavy atom. The molecule has 7 heteroatoms. The Hall–Kier alpha value is -3.06. The Balaban J connectivity index is 1.62. The molecule has 0 aliphatic carbocycles. The van der Waals surface area contributed by atoms with Crippen molar-refractivity contribution in [2.24, 2.45) is 0 Å². The molecule has 2 aromatic carbocycles. The normalized spacial score (nSPS) is 18.0. The zero-order chi connectivity index (χ0) is 21.7. The van der Waals surface area contributed by atoms with E-state index in [2.05, 4.69) is 10.6 Å². The Labute approximate surface area is 177 Å². The maximum absolute atomic E-state index is 12.5. The first-order valence-corrected chi connectivity index (χ1v) is 10.2. The number of hydrogen-bond donors (Lipinski definition) is 3. The fourth-order valence-electron chi connectivity index (χ4n) is 4.09. The molecule has 30 heavy (non-hydrogen) atoms. The molecule has 1 aliphatic rings. The van der Waals surface area contributed by atoms with E-state index in [-0.39, 0.29) is 18.5 Å². The van der Waals surface area contributed by atoms with E-state index in [1.54, 1.807) is 14.2 Å². The zero-order valence-electron chi connectivity index (χ0n) is 18.0. The predicted octanol–water partition coefficient (Wildman–Crippen LogP) is 2.39. The highest BCUT2D eigenvalue weighted by molar-refractivity contribution is 6.01. The Morgan fingerprint density at radius 2 is 1.90 bits per heavy atom. The standard InChI is InChI=1S/C23H29N3O4/c1-15-7-10-19(16(2)12-15)24-23(28)25-22(27)14-26-11-5-6-20(26)18-9-8-17(29-3)13-21(18)30-4/h7-10,12-13,20H,5-6,11,14H2,1-4H3,(H2,24,25,27,28)/p+1/t20-/m0/s1. The van der Waals surface area contributed by atoms with Crippen LogP contribution in [-0.2, 0) is 4.79 Å². The maximum atomic E-state index is 12.5. The van der Waals surface area contributed by atoms with Gasteiger partial charge in [0.05, 0.1) is 26.3 Å². The highest BCUT2D eigenvalue weighted by Gasteiger charge is 2.34. The summed E-state index contributed by atoms with van der Waals surface area (Å²) in [6.45, 7) is 5.01. The average Bonchev–Trinajstić information content (AvgIpc) is 3.17. The van der Waals surface area contributed by atoms with Crippen molar-refractivity contribution in [2.45, 2.75) is 32.7 Å². The number of likely N-dealkylation sites (tertiary alicyclic amines) is 1. The Morgan fingerprint density at radius 3 is 2.60 bits per heavy atom. The van der Waals surface area contributed by atoms with E-state index in [0.717, 1.165) is 52.5 Å². The molecular weight excluding hydrogens is 382 g/mol. The van der Waals surface area contributed by atoms with E-state index in [0.29, 0.717) is 5.69 Å². The van der Waals surface area contributed by atoms with E-state index in [1.165, 1.54) is 0 Å². The number of hydrogen-bond acceptors (Lipinski definition) is 4. The van der Waals surface area contributed by atoms with E-state index in [1.807, 2.05) is 50.2 Å². The van der Waals surface area contributed by atoms with E-state index in [4.69, 9.17) is 9.47 Å². The number of benzene rings is 2. The van der Waals surface area contributed by atoms with Crippen molar-refractivity contribution in [1.82, 2.24) is 5.32 Å². The third-order valence-electron chi connectivity index (χ3n) is 5.57. The number of imide groups is 1. The number of quaternary nitrogens is 1. The number of rotatable bonds is 6.